The van der Waals surface area contributed by atoms with Crippen LogP contribution in [-0.2, 0) is 13.5 Å². The normalized spacial score (nSPS) is 22.4. The molecule has 0 amide bonds. The molecule has 1 aliphatic rings. The molecule has 0 saturated heterocycles. The third-order valence-corrected chi connectivity index (χ3v) is 3.17. The van der Waals surface area contributed by atoms with Gasteiger partial charge in [-0.3, -0.25) is 9.58 Å². The second-order valence-corrected chi connectivity index (χ2v) is 4.03. The molecule has 0 aromatic carbocycles. The first kappa shape index (κ1) is 9.52. The van der Waals surface area contributed by atoms with E-state index in [0.717, 1.165) is 19.4 Å². The van der Waals surface area contributed by atoms with E-state index < -0.39 is 0 Å². The second-order valence-electron chi connectivity index (χ2n) is 4.03. The topological polar surface area (TPSA) is 47.1 Å². The van der Waals surface area contributed by atoms with E-state index >= 15 is 0 Å². The number of nitrogen functional groups attached to an aromatic ring is 1. The number of aromatic nitrogens is 2. The van der Waals surface area contributed by atoms with Gasteiger partial charge >= 0.3 is 0 Å². The molecule has 1 unspecified atom stereocenters. The summed E-state index contributed by atoms with van der Waals surface area (Å²) < 4.78 is 1.94. The summed E-state index contributed by atoms with van der Waals surface area (Å²) in [5.74, 6) is 0.717. The summed E-state index contributed by atoms with van der Waals surface area (Å²) in [6.45, 7) is 3.29. The van der Waals surface area contributed by atoms with E-state index in [9.17, 15) is 0 Å². The molecule has 4 heteroatoms. The Labute approximate surface area is 84.7 Å². The molecule has 2 rings (SSSR count). The first-order valence-electron chi connectivity index (χ1n) is 5.16. The molecule has 1 aliphatic heterocycles. The number of nitrogens with zero attached hydrogens (tertiary/aromatic N) is 3. The zero-order valence-corrected chi connectivity index (χ0v) is 9.12. The monoisotopic (exact) mass is 194 g/mol. The van der Waals surface area contributed by atoms with Crippen LogP contribution in [0.2, 0.25) is 0 Å². The Hall–Kier alpha value is -1.03. The summed E-state index contributed by atoms with van der Waals surface area (Å²) in [7, 11) is 4.15. The summed E-state index contributed by atoms with van der Waals surface area (Å²) in [5, 5.41) is 4.29. The molecule has 0 aliphatic carbocycles. The Balaban J connectivity index is 2.50. The van der Waals surface area contributed by atoms with Gasteiger partial charge in [0.15, 0.2) is 0 Å². The molecule has 1 aromatic heterocycles. The summed E-state index contributed by atoms with van der Waals surface area (Å²) in [6.07, 6.45) is 2.14. The summed E-state index contributed by atoms with van der Waals surface area (Å²) in [6, 6.07) is 0.480. The first-order chi connectivity index (χ1) is 6.65. The van der Waals surface area contributed by atoms with Gasteiger partial charge in [-0.05, 0) is 19.9 Å². The maximum atomic E-state index is 5.87. The van der Waals surface area contributed by atoms with Gasteiger partial charge in [-0.25, -0.2) is 0 Å². The van der Waals surface area contributed by atoms with Crippen molar-refractivity contribution in [1.29, 1.82) is 0 Å². The zero-order valence-electron chi connectivity index (χ0n) is 9.12. The van der Waals surface area contributed by atoms with Gasteiger partial charge < -0.3 is 5.73 Å². The highest BCUT2D eigenvalue weighted by Crippen LogP contribution is 2.33. The van der Waals surface area contributed by atoms with Gasteiger partial charge in [-0.1, -0.05) is 6.92 Å². The lowest BCUT2D eigenvalue weighted by atomic mass is 9.98. The van der Waals surface area contributed by atoms with E-state index in [1.165, 1.54) is 11.3 Å². The predicted octanol–water partition coefficient (Wildman–Crippen LogP) is 0.941. The fourth-order valence-electron chi connectivity index (χ4n) is 2.43. The quantitative estimate of drug-likeness (QED) is 0.723. The van der Waals surface area contributed by atoms with Crippen LogP contribution >= 0.6 is 0 Å². The lowest BCUT2D eigenvalue weighted by molar-refractivity contribution is 0.215. The number of aryl methyl sites for hydroxylation is 1. The van der Waals surface area contributed by atoms with Crippen LogP contribution in [0.15, 0.2) is 0 Å². The van der Waals surface area contributed by atoms with Gasteiger partial charge in [-0.15, -0.1) is 0 Å². The van der Waals surface area contributed by atoms with Crippen molar-refractivity contribution in [2.45, 2.75) is 25.8 Å². The van der Waals surface area contributed by atoms with E-state index in [-0.39, 0.29) is 0 Å². The van der Waals surface area contributed by atoms with Crippen LogP contribution in [0.1, 0.15) is 30.6 Å². The largest absolute Gasteiger partial charge is 0.382 e. The average molecular weight is 194 g/mol. The third kappa shape index (κ3) is 1.21. The van der Waals surface area contributed by atoms with Crippen LogP contribution in [-0.4, -0.2) is 28.3 Å². The Morgan fingerprint density at radius 1 is 1.50 bits per heavy atom. The summed E-state index contributed by atoms with van der Waals surface area (Å²) in [4.78, 5) is 2.38. The number of likely N-dealkylation sites (N-methyl/N-ethyl adjacent to an activating group) is 1. The van der Waals surface area contributed by atoms with Crippen LogP contribution in [0, 0.1) is 0 Å². The van der Waals surface area contributed by atoms with Crippen molar-refractivity contribution in [3.8, 4) is 0 Å². The molecule has 0 fully saturated rings. The molecule has 0 radical (unpaired) electrons. The Kier molecular flexibility index (Phi) is 2.23. The minimum absolute atomic E-state index is 0.480. The van der Waals surface area contributed by atoms with Crippen molar-refractivity contribution < 1.29 is 0 Å². The zero-order chi connectivity index (χ0) is 10.3. The highest BCUT2D eigenvalue weighted by Gasteiger charge is 2.28. The number of rotatable bonds is 1. The van der Waals surface area contributed by atoms with E-state index in [2.05, 4.69) is 24.0 Å². The van der Waals surface area contributed by atoms with Crippen LogP contribution < -0.4 is 5.73 Å². The van der Waals surface area contributed by atoms with Crippen molar-refractivity contribution >= 4 is 5.82 Å². The fraction of sp³-hybridized carbons (Fsp3) is 0.700. The maximum absolute atomic E-state index is 5.87. The molecule has 78 valence electrons. The Morgan fingerprint density at radius 2 is 2.21 bits per heavy atom. The van der Waals surface area contributed by atoms with E-state index in [0.29, 0.717) is 11.9 Å². The minimum atomic E-state index is 0.480. The van der Waals surface area contributed by atoms with Gasteiger partial charge in [0.05, 0.1) is 11.7 Å². The van der Waals surface area contributed by atoms with Gasteiger partial charge in [0.1, 0.15) is 5.82 Å². The molecule has 0 bridgehead atoms. The fourth-order valence-corrected chi connectivity index (χ4v) is 2.43. The molecule has 0 saturated carbocycles. The molecule has 1 atom stereocenters. The highest BCUT2D eigenvalue weighted by atomic mass is 15.3. The van der Waals surface area contributed by atoms with Crippen LogP contribution in [0.25, 0.3) is 0 Å². The molecule has 1 aromatic rings. The maximum Gasteiger partial charge on any atom is 0.149 e. The van der Waals surface area contributed by atoms with Crippen LogP contribution in [0.4, 0.5) is 5.82 Å². The van der Waals surface area contributed by atoms with Gasteiger partial charge in [0.2, 0.25) is 0 Å². The smallest absolute Gasteiger partial charge is 0.149 e. The van der Waals surface area contributed by atoms with Gasteiger partial charge in [0, 0.05) is 19.2 Å². The number of nitrogens with two attached hydrogens (primary N) is 1. The molecule has 2 N–H and O–H groups in total. The number of hydrogen-bond donors (Lipinski definition) is 1. The Morgan fingerprint density at radius 3 is 2.86 bits per heavy atom. The average Bonchev–Trinajstić information content (AvgIpc) is 2.43. The van der Waals surface area contributed by atoms with Crippen molar-refractivity contribution in [2.24, 2.45) is 7.05 Å². The highest BCUT2D eigenvalue weighted by molar-refractivity contribution is 5.45. The van der Waals surface area contributed by atoms with E-state index in [4.69, 9.17) is 5.73 Å². The van der Waals surface area contributed by atoms with Crippen molar-refractivity contribution in [1.82, 2.24) is 14.7 Å². The lowest BCUT2D eigenvalue weighted by Crippen LogP contribution is -2.32. The van der Waals surface area contributed by atoms with Gasteiger partial charge in [0.25, 0.3) is 0 Å². The van der Waals surface area contributed by atoms with Crippen LogP contribution in [0.5, 0.6) is 0 Å². The molecule has 4 nitrogen and oxygen atoms in total. The number of fused-ring (bicyclic) bond motifs is 1. The van der Waals surface area contributed by atoms with Gasteiger partial charge in [-0.2, -0.15) is 5.10 Å². The number of anilines is 1. The second kappa shape index (κ2) is 3.28. The summed E-state index contributed by atoms with van der Waals surface area (Å²) in [5.41, 5.74) is 8.44. The summed E-state index contributed by atoms with van der Waals surface area (Å²) >= 11 is 0. The predicted molar refractivity (Wildman–Crippen MR) is 57.0 cm³/mol. The molecular weight excluding hydrogens is 176 g/mol. The van der Waals surface area contributed by atoms with E-state index in [1.807, 2.05) is 11.7 Å². The lowest BCUT2D eigenvalue weighted by Gasteiger charge is -2.32. The third-order valence-electron chi connectivity index (χ3n) is 3.17. The SMILES string of the molecule is CCC1c2c(c(N)nn2C)CCN1C. The van der Waals surface area contributed by atoms with E-state index in [1.54, 1.807) is 0 Å². The standard InChI is InChI=1S/C10H18N4/c1-4-8-9-7(5-6-13(8)2)10(11)12-14(9)3/h8H,4-6H2,1-3H3,(H2,11,12). The van der Waals surface area contributed by atoms with Crippen molar-refractivity contribution in [3.63, 3.8) is 0 Å². The minimum Gasteiger partial charge on any atom is -0.382 e. The molecule has 2 heterocycles. The van der Waals surface area contributed by atoms with Crippen molar-refractivity contribution in [3.05, 3.63) is 11.3 Å². The molecule has 0 spiro atoms. The van der Waals surface area contributed by atoms with Crippen molar-refractivity contribution in [2.75, 3.05) is 19.3 Å². The number of hydrogen-bond acceptors (Lipinski definition) is 3. The first-order valence-corrected chi connectivity index (χ1v) is 5.16. The molecule has 14 heavy (non-hydrogen) atoms. The van der Waals surface area contributed by atoms with Crippen LogP contribution in [0.3, 0.4) is 0 Å². The molecular formula is C10H18N4. The Bertz CT molecular complexity index is 342.